The van der Waals surface area contributed by atoms with Crippen LogP contribution in [0, 0.1) is 21.4 Å². The van der Waals surface area contributed by atoms with Gasteiger partial charge in [-0.15, -0.1) is 0 Å². The molecule has 0 saturated heterocycles. The Kier molecular flexibility index (Phi) is 5.84. The number of esters is 2. The number of carbonyl (C=O) groups excluding carboxylic acids is 2. The minimum atomic E-state index is -1.53. The van der Waals surface area contributed by atoms with Gasteiger partial charge in [-0.2, -0.15) is 0 Å². The van der Waals surface area contributed by atoms with Gasteiger partial charge in [-0.3, -0.25) is 19.7 Å². The van der Waals surface area contributed by atoms with Crippen molar-refractivity contribution in [3.8, 4) is 0 Å². The van der Waals surface area contributed by atoms with Gasteiger partial charge < -0.3 is 9.47 Å². The van der Waals surface area contributed by atoms with Crippen molar-refractivity contribution in [3.63, 3.8) is 0 Å². The second-order valence-electron chi connectivity index (χ2n) is 6.53. The summed E-state index contributed by atoms with van der Waals surface area (Å²) < 4.78 is 10.6. The lowest BCUT2D eigenvalue weighted by Gasteiger charge is -2.15. The highest BCUT2D eigenvalue weighted by molar-refractivity contribution is 6.04. The van der Waals surface area contributed by atoms with E-state index in [4.69, 9.17) is 9.47 Å². The number of hydrogen-bond donors (Lipinski definition) is 0. The molecule has 0 radical (unpaired) electrons. The van der Waals surface area contributed by atoms with E-state index in [2.05, 4.69) is 0 Å². The summed E-state index contributed by atoms with van der Waals surface area (Å²) in [5.41, 5.74) is 0.0270. The summed E-state index contributed by atoms with van der Waals surface area (Å²) in [7, 11) is 0. The molecule has 28 heavy (non-hydrogen) atoms. The summed E-state index contributed by atoms with van der Waals surface area (Å²) in [6.45, 7) is 0.0259. The molecule has 0 spiro atoms. The normalized spacial score (nSPS) is 17.1. The number of ether oxygens (including phenoxy) is 2. The van der Waals surface area contributed by atoms with E-state index in [-0.39, 0.29) is 19.6 Å². The molecular weight excluding hydrogens is 362 g/mol. The van der Waals surface area contributed by atoms with Crippen molar-refractivity contribution in [1.29, 1.82) is 0 Å². The maximum atomic E-state index is 12.7. The van der Waals surface area contributed by atoms with Crippen LogP contribution in [0.5, 0.6) is 0 Å². The number of carbonyl (C=O) groups is 2. The second-order valence-corrected chi connectivity index (χ2v) is 6.53. The van der Waals surface area contributed by atoms with Gasteiger partial charge in [0.2, 0.25) is 6.20 Å². The van der Waals surface area contributed by atoms with Crippen molar-refractivity contribution in [2.24, 2.45) is 11.3 Å². The fourth-order valence-corrected chi connectivity index (χ4v) is 2.95. The Morgan fingerprint density at radius 2 is 1.43 bits per heavy atom. The maximum Gasteiger partial charge on any atom is 0.324 e. The summed E-state index contributed by atoms with van der Waals surface area (Å²) >= 11 is 0. The first-order chi connectivity index (χ1) is 13.5. The largest absolute Gasteiger partial charge is 0.460 e. The monoisotopic (exact) mass is 381 g/mol. The third-order valence-corrected chi connectivity index (χ3v) is 4.61. The molecule has 0 aromatic heterocycles. The Labute approximate surface area is 161 Å². The first-order valence-electron chi connectivity index (χ1n) is 8.76. The van der Waals surface area contributed by atoms with E-state index in [0.29, 0.717) is 0 Å². The minimum Gasteiger partial charge on any atom is -0.460 e. The summed E-state index contributed by atoms with van der Waals surface area (Å²) in [4.78, 5) is 35.3. The lowest BCUT2D eigenvalue weighted by molar-refractivity contribution is -0.402. The van der Waals surface area contributed by atoms with Gasteiger partial charge in [0.15, 0.2) is 5.41 Å². The van der Waals surface area contributed by atoms with Crippen LogP contribution < -0.4 is 0 Å². The van der Waals surface area contributed by atoms with Gasteiger partial charge in [-0.05, 0) is 23.6 Å². The molecule has 0 bridgehead atoms. The summed E-state index contributed by atoms with van der Waals surface area (Å²) in [5, 5.41) is 10.6. The third kappa shape index (κ3) is 4.43. The van der Waals surface area contributed by atoms with Crippen LogP contribution in [0.25, 0.3) is 0 Å². The molecule has 1 aliphatic rings. The van der Waals surface area contributed by atoms with Crippen molar-refractivity contribution in [2.75, 3.05) is 0 Å². The van der Waals surface area contributed by atoms with Crippen molar-refractivity contribution >= 4 is 11.9 Å². The average Bonchev–Trinajstić information content (AvgIpc) is 3.46. The predicted octanol–water partition coefficient (Wildman–Crippen LogP) is 3.27. The van der Waals surface area contributed by atoms with Crippen LogP contribution in [-0.2, 0) is 32.3 Å². The molecule has 2 aromatic rings. The molecule has 3 rings (SSSR count). The molecule has 0 aliphatic heterocycles. The highest BCUT2D eigenvalue weighted by atomic mass is 16.6. The predicted molar refractivity (Wildman–Crippen MR) is 99.2 cm³/mol. The summed E-state index contributed by atoms with van der Waals surface area (Å²) in [6.07, 6.45) is 2.10. The lowest BCUT2D eigenvalue weighted by Crippen LogP contribution is -2.31. The Morgan fingerprint density at radius 3 is 1.86 bits per heavy atom. The summed E-state index contributed by atoms with van der Waals surface area (Å²) in [6, 6.07) is 18.1. The standard InChI is InChI=1S/C21H19NO6/c23-19(27-14-16-7-3-1-4-8-16)21(13-18(21)11-12-22(25)26)20(24)28-15-17-9-5-2-6-10-17/h1-12,18H,13-15H2/b12-11+. The van der Waals surface area contributed by atoms with E-state index < -0.39 is 28.2 Å². The third-order valence-electron chi connectivity index (χ3n) is 4.61. The molecule has 2 aromatic carbocycles. The number of rotatable bonds is 8. The SMILES string of the molecule is O=C(OCc1ccccc1)C1(C(=O)OCc2ccccc2)CC1/C=C/[N+](=O)[O-]. The van der Waals surface area contributed by atoms with Crippen LogP contribution in [0.2, 0.25) is 0 Å². The molecule has 1 unspecified atom stereocenters. The van der Waals surface area contributed by atoms with Gasteiger partial charge in [0.25, 0.3) is 0 Å². The zero-order valence-electron chi connectivity index (χ0n) is 15.0. The first-order valence-corrected chi connectivity index (χ1v) is 8.76. The van der Waals surface area contributed by atoms with Crippen molar-refractivity contribution in [1.82, 2.24) is 0 Å². The smallest absolute Gasteiger partial charge is 0.324 e. The molecule has 1 fully saturated rings. The van der Waals surface area contributed by atoms with E-state index in [9.17, 15) is 19.7 Å². The van der Waals surface area contributed by atoms with Gasteiger partial charge in [0, 0.05) is 5.92 Å². The molecule has 1 saturated carbocycles. The van der Waals surface area contributed by atoms with E-state index in [1.807, 2.05) is 36.4 Å². The average molecular weight is 381 g/mol. The van der Waals surface area contributed by atoms with Crippen molar-refractivity contribution < 1.29 is 24.0 Å². The van der Waals surface area contributed by atoms with E-state index in [1.54, 1.807) is 24.3 Å². The number of hydrogen-bond acceptors (Lipinski definition) is 6. The Hall–Kier alpha value is -3.48. The molecule has 0 N–H and O–H groups in total. The zero-order chi connectivity index (χ0) is 20.0. The first kappa shape index (κ1) is 19.3. The Balaban J connectivity index is 1.69. The number of nitro groups is 1. The fourth-order valence-electron chi connectivity index (χ4n) is 2.95. The van der Waals surface area contributed by atoms with Gasteiger partial charge in [0.05, 0.1) is 4.92 Å². The van der Waals surface area contributed by atoms with Gasteiger partial charge in [-0.1, -0.05) is 60.7 Å². The summed E-state index contributed by atoms with van der Waals surface area (Å²) in [5.74, 6) is -2.08. The number of allylic oxidation sites excluding steroid dienone is 1. The molecule has 7 nitrogen and oxygen atoms in total. The van der Waals surface area contributed by atoms with Crippen LogP contribution >= 0.6 is 0 Å². The van der Waals surface area contributed by atoms with Crippen molar-refractivity contribution in [2.45, 2.75) is 19.6 Å². The van der Waals surface area contributed by atoms with Gasteiger partial charge in [0.1, 0.15) is 13.2 Å². The fraction of sp³-hybridized carbons (Fsp3) is 0.238. The highest BCUT2D eigenvalue weighted by Gasteiger charge is 2.67. The van der Waals surface area contributed by atoms with E-state index in [1.165, 1.54) is 6.08 Å². The van der Waals surface area contributed by atoms with Gasteiger partial charge >= 0.3 is 11.9 Å². The highest BCUT2D eigenvalue weighted by Crippen LogP contribution is 2.55. The van der Waals surface area contributed by atoms with E-state index in [0.717, 1.165) is 17.3 Å². The topological polar surface area (TPSA) is 95.7 Å². The molecule has 7 heteroatoms. The molecule has 1 aliphatic carbocycles. The molecule has 1 atom stereocenters. The van der Waals surface area contributed by atoms with Crippen LogP contribution in [-0.4, -0.2) is 16.9 Å². The molecular formula is C21H19NO6. The lowest BCUT2D eigenvalue weighted by atomic mass is 10.0. The number of benzene rings is 2. The Bertz CT molecular complexity index is 823. The minimum absolute atomic E-state index is 0.0130. The molecule has 0 heterocycles. The van der Waals surface area contributed by atoms with Crippen LogP contribution in [0.1, 0.15) is 17.5 Å². The molecule has 144 valence electrons. The van der Waals surface area contributed by atoms with Crippen LogP contribution in [0.4, 0.5) is 0 Å². The van der Waals surface area contributed by atoms with Crippen LogP contribution in [0.15, 0.2) is 72.9 Å². The maximum absolute atomic E-state index is 12.7. The second kappa shape index (κ2) is 8.47. The molecule has 0 amide bonds. The van der Waals surface area contributed by atoms with Crippen molar-refractivity contribution in [3.05, 3.63) is 94.2 Å². The van der Waals surface area contributed by atoms with Crippen LogP contribution in [0.3, 0.4) is 0 Å². The van der Waals surface area contributed by atoms with E-state index >= 15 is 0 Å². The Morgan fingerprint density at radius 1 is 0.964 bits per heavy atom. The van der Waals surface area contributed by atoms with Gasteiger partial charge in [-0.25, -0.2) is 0 Å². The quantitative estimate of drug-likeness (QED) is 0.301. The number of nitrogens with zero attached hydrogens (tertiary/aromatic N) is 1. The zero-order valence-corrected chi connectivity index (χ0v) is 15.0.